The van der Waals surface area contributed by atoms with Crippen LogP contribution in [-0.4, -0.2) is 24.8 Å². The molecule has 0 amide bonds. The molecule has 0 aromatic heterocycles. The highest BCUT2D eigenvalue weighted by atomic mass is 17.2. The van der Waals surface area contributed by atoms with Gasteiger partial charge >= 0.3 is 5.97 Å². The molecule has 4 heteroatoms. The van der Waals surface area contributed by atoms with Crippen LogP contribution in [0.3, 0.4) is 0 Å². The first-order chi connectivity index (χ1) is 12.4. The lowest BCUT2D eigenvalue weighted by Gasteiger charge is -2.43. The van der Waals surface area contributed by atoms with Gasteiger partial charge in [-0.05, 0) is 44.4 Å². The van der Waals surface area contributed by atoms with E-state index in [0.717, 1.165) is 38.5 Å². The average molecular weight is 367 g/mol. The third kappa shape index (κ3) is 6.88. The summed E-state index contributed by atoms with van der Waals surface area (Å²) in [7, 11) is 1.41. The molecule has 1 aliphatic rings. The lowest BCUT2D eigenvalue weighted by Crippen LogP contribution is -2.45. The molecule has 4 atom stereocenters. The van der Waals surface area contributed by atoms with Crippen molar-refractivity contribution in [3.63, 3.8) is 0 Å². The van der Waals surface area contributed by atoms with Crippen LogP contribution < -0.4 is 0 Å². The van der Waals surface area contributed by atoms with Crippen molar-refractivity contribution in [2.24, 2.45) is 11.8 Å². The third-order valence-electron chi connectivity index (χ3n) is 5.46. The Hall–Kier alpha value is -1.13. The summed E-state index contributed by atoms with van der Waals surface area (Å²) in [5.41, 5.74) is 1.03. The largest absolute Gasteiger partial charge is 0.469 e. The van der Waals surface area contributed by atoms with Gasteiger partial charge in [-0.15, -0.1) is 0 Å². The number of allylic oxidation sites excluding steroid dienone is 3. The molecule has 0 saturated carbocycles. The predicted molar refractivity (Wildman–Crippen MR) is 106 cm³/mol. The van der Waals surface area contributed by atoms with E-state index in [4.69, 9.17) is 14.5 Å². The molecule has 0 N–H and O–H groups in total. The Labute approximate surface area is 159 Å². The van der Waals surface area contributed by atoms with Gasteiger partial charge in [0.2, 0.25) is 0 Å². The number of methoxy groups -OCH3 is 1. The van der Waals surface area contributed by atoms with Crippen molar-refractivity contribution in [3.05, 3.63) is 23.8 Å². The maximum Gasteiger partial charge on any atom is 0.308 e. The molecule has 1 heterocycles. The first kappa shape index (κ1) is 22.9. The topological polar surface area (TPSA) is 44.8 Å². The maximum absolute atomic E-state index is 11.6. The highest BCUT2D eigenvalue weighted by molar-refractivity contribution is 5.69. The molecule has 1 aliphatic heterocycles. The van der Waals surface area contributed by atoms with Gasteiger partial charge in [-0.2, -0.15) is 0 Å². The summed E-state index contributed by atoms with van der Waals surface area (Å²) in [6.45, 7) is 10.9. The van der Waals surface area contributed by atoms with Crippen LogP contribution in [0.1, 0.15) is 79.6 Å². The monoisotopic (exact) mass is 366 g/mol. The zero-order valence-corrected chi connectivity index (χ0v) is 17.5. The van der Waals surface area contributed by atoms with E-state index in [1.54, 1.807) is 0 Å². The molecule has 0 radical (unpaired) electrons. The van der Waals surface area contributed by atoms with Crippen LogP contribution in [-0.2, 0) is 19.3 Å². The highest BCUT2D eigenvalue weighted by Gasteiger charge is 2.42. The van der Waals surface area contributed by atoms with E-state index in [2.05, 4.69) is 52.8 Å². The van der Waals surface area contributed by atoms with Crippen molar-refractivity contribution in [1.29, 1.82) is 0 Å². The summed E-state index contributed by atoms with van der Waals surface area (Å²) in [4.78, 5) is 23.2. The van der Waals surface area contributed by atoms with E-state index in [-0.39, 0.29) is 24.1 Å². The lowest BCUT2D eigenvalue weighted by molar-refractivity contribution is -0.421. The quantitative estimate of drug-likeness (QED) is 0.279. The van der Waals surface area contributed by atoms with Crippen LogP contribution in [0.4, 0.5) is 0 Å². The Morgan fingerprint density at radius 1 is 1.31 bits per heavy atom. The first-order valence-electron chi connectivity index (χ1n) is 10.2. The molecule has 1 fully saturated rings. The minimum Gasteiger partial charge on any atom is -0.469 e. The fraction of sp³-hybridized carbons (Fsp3) is 0.773. The molecule has 150 valence electrons. The molecule has 4 unspecified atom stereocenters. The summed E-state index contributed by atoms with van der Waals surface area (Å²) in [5, 5.41) is 0. The summed E-state index contributed by atoms with van der Waals surface area (Å²) < 4.78 is 4.79. The number of carbonyl (C=O) groups excluding carboxylic acids is 1. The van der Waals surface area contributed by atoms with Gasteiger partial charge in [-0.3, -0.25) is 4.79 Å². The first-order valence-corrected chi connectivity index (χ1v) is 10.2. The molecule has 1 saturated heterocycles. The van der Waals surface area contributed by atoms with Crippen LogP contribution in [0.2, 0.25) is 0 Å². The molecule has 0 aromatic rings. The number of hydrogen-bond acceptors (Lipinski definition) is 4. The van der Waals surface area contributed by atoms with Gasteiger partial charge in [0.05, 0.1) is 13.5 Å². The van der Waals surface area contributed by atoms with Gasteiger partial charge in [-0.1, -0.05) is 57.9 Å². The number of ether oxygens (including phenoxy) is 1. The Kier molecular flexibility index (Phi) is 10.2. The van der Waals surface area contributed by atoms with E-state index < -0.39 is 0 Å². The molecule has 1 rings (SSSR count). The van der Waals surface area contributed by atoms with Crippen molar-refractivity contribution in [1.82, 2.24) is 0 Å². The number of carbonyl (C=O) groups is 1. The molecule has 0 bridgehead atoms. The van der Waals surface area contributed by atoms with E-state index in [9.17, 15) is 4.79 Å². The van der Waals surface area contributed by atoms with Gasteiger partial charge in [0.25, 0.3) is 0 Å². The zero-order chi connectivity index (χ0) is 19.6. The summed E-state index contributed by atoms with van der Waals surface area (Å²) >= 11 is 0. The SMILES string of the molecule is CCC=CC(C=C(C)CC1(CC)CC(CC)C(CC(=O)OC)OO1)CC. The minimum absolute atomic E-state index is 0.215. The minimum atomic E-state index is -0.305. The van der Waals surface area contributed by atoms with E-state index in [1.165, 1.54) is 12.7 Å². The predicted octanol–water partition coefficient (Wildman–Crippen LogP) is 5.77. The van der Waals surface area contributed by atoms with Crippen molar-refractivity contribution in [2.75, 3.05) is 7.11 Å². The molecule has 4 nitrogen and oxygen atoms in total. The van der Waals surface area contributed by atoms with Crippen LogP contribution in [0, 0.1) is 11.8 Å². The molecular weight excluding hydrogens is 328 g/mol. The van der Waals surface area contributed by atoms with Crippen molar-refractivity contribution in [2.45, 2.75) is 91.3 Å². The number of esters is 1. The van der Waals surface area contributed by atoms with Gasteiger partial charge in [0, 0.05) is 6.42 Å². The zero-order valence-electron chi connectivity index (χ0n) is 17.5. The Balaban J connectivity index is 2.82. The molecule has 0 aromatic carbocycles. The average Bonchev–Trinajstić information content (AvgIpc) is 2.66. The Bertz CT molecular complexity index is 483. The van der Waals surface area contributed by atoms with Crippen LogP contribution in [0.15, 0.2) is 23.8 Å². The lowest BCUT2D eigenvalue weighted by atomic mass is 9.78. The second-order valence-electron chi connectivity index (χ2n) is 7.51. The number of rotatable bonds is 10. The van der Waals surface area contributed by atoms with E-state index >= 15 is 0 Å². The van der Waals surface area contributed by atoms with E-state index in [1.807, 2.05) is 0 Å². The second-order valence-corrected chi connectivity index (χ2v) is 7.51. The second kappa shape index (κ2) is 11.6. The molecule has 0 spiro atoms. The molecule has 0 aliphatic carbocycles. The van der Waals surface area contributed by atoms with Crippen molar-refractivity contribution >= 4 is 5.97 Å². The Morgan fingerprint density at radius 2 is 2.04 bits per heavy atom. The number of hydrogen-bond donors (Lipinski definition) is 0. The van der Waals surface area contributed by atoms with Gasteiger partial charge in [-0.25, -0.2) is 9.78 Å². The van der Waals surface area contributed by atoms with Crippen molar-refractivity contribution < 1.29 is 19.3 Å². The Morgan fingerprint density at radius 3 is 2.58 bits per heavy atom. The smallest absolute Gasteiger partial charge is 0.308 e. The normalized spacial score (nSPS) is 28.3. The van der Waals surface area contributed by atoms with Crippen LogP contribution >= 0.6 is 0 Å². The van der Waals surface area contributed by atoms with Gasteiger partial charge < -0.3 is 4.74 Å². The molecule has 26 heavy (non-hydrogen) atoms. The highest BCUT2D eigenvalue weighted by Crippen LogP contribution is 2.40. The third-order valence-corrected chi connectivity index (χ3v) is 5.46. The fourth-order valence-electron chi connectivity index (χ4n) is 3.72. The standard InChI is InChI=1S/C22H38O4/c1-7-11-12-18(8-2)13-17(5)15-22(10-4)16-19(9-3)20(25-26-22)14-21(23)24-6/h11-13,18-20H,7-10,14-16H2,1-6H3. The van der Waals surface area contributed by atoms with Gasteiger partial charge in [0.1, 0.15) is 11.7 Å². The van der Waals surface area contributed by atoms with Crippen LogP contribution in [0.25, 0.3) is 0 Å². The summed E-state index contributed by atoms with van der Waals surface area (Å²) in [6, 6.07) is 0. The van der Waals surface area contributed by atoms with Crippen LogP contribution in [0.5, 0.6) is 0 Å². The van der Waals surface area contributed by atoms with Gasteiger partial charge in [0.15, 0.2) is 0 Å². The molecular formula is C22H38O4. The summed E-state index contributed by atoms with van der Waals surface area (Å²) in [5.74, 6) is 0.533. The maximum atomic E-state index is 11.6. The van der Waals surface area contributed by atoms with E-state index in [0.29, 0.717) is 11.8 Å². The van der Waals surface area contributed by atoms with Crippen molar-refractivity contribution in [3.8, 4) is 0 Å². The summed E-state index contributed by atoms with van der Waals surface area (Å²) in [6.07, 6.45) is 12.7. The fourth-order valence-corrected chi connectivity index (χ4v) is 3.72.